The van der Waals surface area contributed by atoms with E-state index < -0.39 is 0 Å². The molecule has 9 heavy (non-hydrogen) atoms. The summed E-state index contributed by atoms with van der Waals surface area (Å²) in [6.45, 7) is 1.90. The van der Waals surface area contributed by atoms with Crippen molar-refractivity contribution in [2.75, 3.05) is 14.1 Å². The van der Waals surface area contributed by atoms with Gasteiger partial charge in [0.25, 0.3) is 5.91 Å². The topological polar surface area (TPSA) is 41.5 Å². The second-order valence-corrected chi connectivity index (χ2v) is 1.60. The van der Waals surface area contributed by atoms with E-state index in [-0.39, 0.29) is 5.91 Å². The monoisotopic (exact) mass is 128 g/mol. The van der Waals surface area contributed by atoms with Crippen molar-refractivity contribution in [3.63, 3.8) is 0 Å². The summed E-state index contributed by atoms with van der Waals surface area (Å²) in [5, 5.41) is 2.50. The van der Waals surface area contributed by atoms with Gasteiger partial charge in [-0.3, -0.25) is 9.79 Å². The summed E-state index contributed by atoms with van der Waals surface area (Å²) in [4.78, 5) is 14.5. The molecule has 0 atom stereocenters. The second kappa shape index (κ2) is 4.06. The first-order chi connectivity index (χ1) is 4.26. The van der Waals surface area contributed by atoms with Crippen LogP contribution in [0.4, 0.5) is 0 Å². The fraction of sp³-hybridized carbons (Fsp3) is 0.667. The van der Waals surface area contributed by atoms with Gasteiger partial charge in [0.2, 0.25) is 0 Å². The van der Waals surface area contributed by atoms with Crippen LogP contribution >= 0.6 is 0 Å². The van der Waals surface area contributed by atoms with Crippen molar-refractivity contribution in [1.82, 2.24) is 5.32 Å². The average molecular weight is 128 g/mol. The highest BCUT2D eigenvalue weighted by Gasteiger charge is 2.02. The summed E-state index contributed by atoms with van der Waals surface area (Å²) in [6.07, 6.45) is 0.691. The lowest BCUT2D eigenvalue weighted by atomic mass is 10.3. The van der Waals surface area contributed by atoms with Crippen LogP contribution in [-0.2, 0) is 4.79 Å². The molecule has 0 aromatic rings. The molecule has 0 saturated heterocycles. The third kappa shape index (κ3) is 2.26. The van der Waals surface area contributed by atoms with E-state index in [9.17, 15) is 4.79 Å². The molecule has 0 bridgehead atoms. The molecule has 0 aliphatic heterocycles. The lowest BCUT2D eigenvalue weighted by Gasteiger charge is -1.97. The maximum absolute atomic E-state index is 10.7. The first-order valence-electron chi connectivity index (χ1n) is 2.94. The normalized spacial score (nSPS) is 11.2. The number of nitrogens with one attached hydrogen (secondary N) is 1. The van der Waals surface area contributed by atoms with Crippen molar-refractivity contribution in [2.24, 2.45) is 4.99 Å². The summed E-state index contributed by atoms with van der Waals surface area (Å²) in [5.41, 5.74) is 0.595. The van der Waals surface area contributed by atoms with Gasteiger partial charge in [0.1, 0.15) is 0 Å². The molecule has 0 aromatic carbocycles. The molecule has 3 nitrogen and oxygen atoms in total. The Hall–Kier alpha value is -0.860. The minimum absolute atomic E-state index is 0.0833. The summed E-state index contributed by atoms with van der Waals surface area (Å²) in [7, 11) is 3.22. The van der Waals surface area contributed by atoms with Crippen molar-refractivity contribution < 1.29 is 4.79 Å². The van der Waals surface area contributed by atoms with Crippen LogP contribution in [0.3, 0.4) is 0 Å². The summed E-state index contributed by atoms with van der Waals surface area (Å²) < 4.78 is 0. The lowest BCUT2D eigenvalue weighted by molar-refractivity contribution is -0.114. The van der Waals surface area contributed by atoms with E-state index in [0.717, 1.165) is 0 Å². The zero-order chi connectivity index (χ0) is 7.28. The number of carbonyl (C=O) groups excluding carboxylic acids is 1. The third-order valence-electron chi connectivity index (χ3n) is 1.09. The van der Waals surface area contributed by atoms with Gasteiger partial charge in [-0.05, 0) is 6.42 Å². The SMILES string of the molecule is CCC(=NC)C(=O)NC. The Labute approximate surface area is 55.2 Å². The van der Waals surface area contributed by atoms with Gasteiger partial charge in [0, 0.05) is 14.1 Å². The van der Waals surface area contributed by atoms with E-state index in [1.807, 2.05) is 6.92 Å². The van der Waals surface area contributed by atoms with Crippen LogP contribution in [0.5, 0.6) is 0 Å². The molecule has 0 unspecified atom stereocenters. The molecular formula is C6H12N2O. The maximum atomic E-state index is 10.7. The van der Waals surface area contributed by atoms with E-state index >= 15 is 0 Å². The van der Waals surface area contributed by atoms with E-state index in [1.54, 1.807) is 14.1 Å². The number of aliphatic imine (C=N–C) groups is 1. The number of nitrogens with zero attached hydrogens (tertiary/aromatic N) is 1. The second-order valence-electron chi connectivity index (χ2n) is 1.60. The zero-order valence-electron chi connectivity index (χ0n) is 6.06. The first kappa shape index (κ1) is 8.14. The van der Waals surface area contributed by atoms with Gasteiger partial charge in [-0.1, -0.05) is 6.92 Å². The predicted octanol–water partition coefficient (Wildman–Crippen LogP) is 0.213. The van der Waals surface area contributed by atoms with E-state index in [1.165, 1.54) is 0 Å². The third-order valence-corrected chi connectivity index (χ3v) is 1.09. The molecule has 52 valence electrons. The van der Waals surface area contributed by atoms with Gasteiger partial charge < -0.3 is 5.32 Å². The Morgan fingerprint density at radius 2 is 2.22 bits per heavy atom. The molecule has 0 radical (unpaired) electrons. The highest BCUT2D eigenvalue weighted by atomic mass is 16.1. The smallest absolute Gasteiger partial charge is 0.264 e. The molecule has 1 amide bonds. The number of rotatable bonds is 2. The Morgan fingerprint density at radius 1 is 1.67 bits per heavy atom. The van der Waals surface area contributed by atoms with Gasteiger partial charge in [0.05, 0.1) is 5.71 Å². The van der Waals surface area contributed by atoms with Crippen LogP contribution in [0.15, 0.2) is 4.99 Å². The summed E-state index contributed by atoms with van der Waals surface area (Å²) in [5.74, 6) is -0.0833. The van der Waals surface area contributed by atoms with Crippen LogP contribution in [0.2, 0.25) is 0 Å². The van der Waals surface area contributed by atoms with Gasteiger partial charge >= 0.3 is 0 Å². The fourth-order valence-corrected chi connectivity index (χ4v) is 0.565. The molecular weight excluding hydrogens is 116 g/mol. The molecule has 3 heteroatoms. The van der Waals surface area contributed by atoms with Crippen molar-refractivity contribution in [3.8, 4) is 0 Å². The first-order valence-corrected chi connectivity index (χ1v) is 2.94. The Kier molecular flexibility index (Phi) is 3.67. The molecule has 0 aromatic heterocycles. The standard InChI is InChI=1S/C6H12N2O/c1-4-5(7-2)6(9)8-3/h4H2,1-3H3,(H,8,9). The molecule has 0 aliphatic rings. The predicted molar refractivity (Wildman–Crippen MR) is 37.7 cm³/mol. The molecule has 0 saturated carbocycles. The van der Waals surface area contributed by atoms with E-state index in [4.69, 9.17) is 0 Å². The van der Waals surface area contributed by atoms with Crippen molar-refractivity contribution in [2.45, 2.75) is 13.3 Å². The Bertz CT molecular complexity index is 129. The number of hydrogen-bond acceptors (Lipinski definition) is 2. The van der Waals surface area contributed by atoms with Crippen LogP contribution in [-0.4, -0.2) is 25.7 Å². The fourth-order valence-electron chi connectivity index (χ4n) is 0.565. The van der Waals surface area contributed by atoms with Crippen molar-refractivity contribution >= 4 is 11.6 Å². The van der Waals surface area contributed by atoms with Crippen LogP contribution in [0.1, 0.15) is 13.3 Å². The molecule has 0 spiro atoms. The highest BCUT2D eigenvalue weighted by Crippen LogP contribution is 1.83. The van der Waals surface area contributed by atoms with Crippen molar-refractivity contribution in [3.05, 3.63) is 0 Å². The molecule has 0 rings (SSSR count). The van der Waals surface area contributed by atoms with Gasteiger partial charge in [0.15, 0.2) is 0 Å². The largest absolute Gasteiger partial charge is 0.354 e. The minimum atomic E-state index is -0.0833. The summed E-state index contributed by atoms with van der Waals surface area (Å²) in [6, 6.07) is 0. The van der Waals surface area contributed by atoms with Gasteiger partial charge in [-0.2, -0.15) is 0 Å². The number of carbonyl (C=O) groups is 1. The quantitative estimate of drug-likeness (QED) is 0.531. The number of hydrogen-bond donors (Lipinski definition) is 1. The molecule has 0 aliphatic carbocycles. The average Bonchev–Trinajstić information content (AvgIpc) is 1.90. The minimum Gasteiger partial charge on any atom is -0.354 e. The molecule has 0 heterocycles. The summed E-state index contributed by atoms with van der Waals surface area (Å²) >= 11 is 0. The molecule has 1 N–H and O–H groups in total. The number of amides is 1. The van der Waals surface area contributed by atoms with Gasteiger partial charge in [-0.25, -0.2) is 0 Å². The van der Waals surface area contributed by atoms with E-state index in [2.05, 4.69) is 10.3 Å². The lowest BCUT2D eigenvalue weighted by Crippen LogP contribution is -2.26. The Balaban J connectivity index is 3.97. The van der Waals surface area contributed by atoms with Crippen LogP contribution in [0, 0.1) is 0 Å². The Morgan fingerprint density at radius 3 is 2.33 bits per heavy atom. The maximum Gasteiger partial charge on any atom is 0.264 e. The van der Waals surface area contributed by atoms with Crippen LogP contribution < -0.4 is 5.32 Å². The van der Waals surface area contributed by atoms with E-state index in [0.29, 0.717) is 12.1 Å². The van der Waals surface area contributed by atoms with Crippen LogP contribution in [0.25, 0.3) is 0 Å². The molecule has 0 fully saturated rings. The van der Waals surface area contributed by atoms with Gasteiger partial charge in [-0.15, -0.1) is 0 Å². The van der Waals surface area contributed by atoms with Crippen molar-refractivity contribution in [1.29, 1.82) is 0 Å². The highest BCUT2D eigenvalue weighted by molar-refractivity contribution is 6.38. The zero-order valence-corrected chi connectivity index (χ0v) is 6.06.